The third-order valence-electron chi connectivity index (χ3n) is 2.54. The second-order valence-electron chi connectivity index (χ2n) is 4.59. The summed E-state index contributed by atoms with van der Waals surface area (Å²) in [6.07, 6.45) is 1.79. The maximum Gasteiger partial charge on any atom is 0.123 e. The van der Waals surface area contributed by atoms with Crippen LogP contribution in [0.3, 0.4) is 0 Å². The first kappa shape index (κ1) is 13.8. The smallest absolute Gasteiger partial charge is 0.123 e. The van der Waals surface area contributed by atoms with E-state index in [-0.39, 0.29) is 5.82 Å². The predicted octanol–water partition coefficient (Wildman–Crippen LogP) is 4.92. The molecule has 0 saturated heterocycles. The molecular weight excluding hydrogens is 246 g/mol. The van der Waals surface area contributed by atoms with Crippen molar-refractivity contribution in [3.8, 4) is 0 Å². The maximum atomic E-state index is 13.1. The van der Waals surface area contributed by atoms with E-state index in [1.165, 1.54) is 12.1 Å². The van der Waals surface area contributed by atoms with Crippen LogP contribution >= 0.6 is 23.2 Å². The second-order valence-corrected chi connectivity index (χ2v) is 5.31. The van der Waals surface area contributed by atoms with Crippen molar-refractivity contribution in [1.29, 1.82) is 0 Å². The van der Waals surface area contributed by atoms with Gasteiger partial charge in [-0.25, -0.2) is 4.39 Å². The molecule has 0 aliphatic heterocycles. The fourth-order valence-corrected chi connectivity index (χ4v) is 2.31. The van der Waals surface area contributed by atoms with Gasteiger partial charge in [-0.15, -0.1) is 11.6 Å². The molecule has 16 heavy (non-hydrogen) atoms. The van der Waals surface area contributed by atoms with E-state index in [2.05, 4.69) is 13.8 Å². The Hall–Kier alpha value is -0.270. The summed E-state index contributed by atoms with van der Waals surface area (Å²) in [4.78, 5) is 0. The van der Waals surface area contributed by atoms with Crippen LogP contribution < -0.4 is 0 Å². The molecule has 90 valence electrons. The monoisotopic (exact) mass is 262 g/mol. The molecule has 1 atom stereocenters. The minimum atomic E-state index is -0.239. The summed E-state index contributed by atoms with van der Waals surface area (Å²) in [5, 5.41) is 0.625. The van der Waals surface area contributed by atoms with Crippen LogP contribution in [-0.4, -0.2) is 5.88 Å². The van der Waals surface area contributed by atoms with Crippen LogP contribution in [0.4, 0.5) is 4.39 Å². The second kappa shape index (κ2) is 6.46. The third-order valence-corrected chi connectivity index (χ3v) is 3.34. The molecule has 1 aromatic carbocycles. The summed E-state index contributed by atoms with van der Waals surface area (Å²) >= 11 is 11.9. The average Bonchev–Trinajstić information content (AvgIpc) is 2.21. The lowest BCUT2D eigenvalue weighted by molar-refractivity contribution is 0.440. The van der Waals surface area contributed by atoms with Gasteiger partial charge in [0, 0.05) is 10.9 Å². The summed E-state index contributed by atoms with van der Waals surface area (Å²) in [5.41, 5.74) is 0.855. The summed E-state index contributed by atoms with van der Waals surface area (Å²) in [5.74, 6) is 1.31. The predicted molar refractivity (Wildman–Crippen MR) is 68.8 cm³/mol. The zero-order valence-electron chi connectivity index (χ0n) is 9.64. The van der Waals surface area contributed by atoms with Crippen LogP contribution in [0.5, 0.6) is 0 Å². The zero-order chi connectivity index (χ0) is 12.1. The highest BCUT2D eigenvalue weighted by molar-refractivity contribution is 6.31. The number of alkyl halides is 1. The molecule has 0 fully saturated rings. The molecule has 1 aromatic rings. The van der Waals surface area contributed by atoms with Crippen LogP contribution in [-0.2, 0) is 6.42 Å². The highest BCUT2D eigenvalue weighted by Crippen LogP contribution is 2.24. The summed E-state index contributed by atoms with van der Waals surface area (Å²) in [6.45, 7) is 4.32. The lowest BCUT2D eigenvalue weighted by Gasteiger charge is -2.17. The lowest BCUT2D eigenvalue weighted by Crippen LogP contribution is -2.10. The van der Waals surface area contributed by atoms with Crippen LogP contribution in [0.1, 0.15) is 25.8 Å². The molecule has 0 aliphatic rings. The van der Waals surface area contributed by atoms with Crippen molar-refractivity contribution in [2.24, 2.45) is 11.8 Å². The molecule has 0 bridgehead atoms. The van der Waals surface area contributed by atoms with Crippen LogP contribution in [0, 0.1) is 17.7 Å². The molecule has 1 rings (SSSR count). The van der Waals surface area contributed by atoms with E-state index >= 15 is 0 Å². The Labute approximate surface area is 107 Å². The molecule has 0 aromatic heterocycles. The molecule has 1 unspecified atom stereocenters. The quantitative estimate of drug-likeness (QED) is 0.661. The topological polar surface area (TPSA) is 0 Å². The maximum absolute atomic E-state index is 13.1. The number of hydrogen-bond donors (Lipinski definition) is 0. The van der Waals surface area contributed by atoms with Crippen molar-refractivity contribution in [2.75, 3.05) is 5.88 Å². The average molecular weight is 263 g/mol. The SMILES string of the molecule is CC(C)CC(CCl)Cc1cc(F)ccc1Cl. The summed E-state index contributed by atoms with van der Waals surface area (Å²) in [7, 11) is 0. The number of halogens is 3. The van der Waals surface area contributed by atoms with Gasteiger partial charge in [0.2, 0.25) is 0 Å². The molecule has 0 heterocycles. The first-order valence-electron chi connectivity index (χ1n) is 5.52. The van der Waals surface area contributed by atoms with E-state index in [0.29, 0.717) is 22.7 Å². The van der Waals surface area contributed by atoms with Gasteiger partial charge in [-0.05, 0) is 48.4 Å². The Morgan fingerprint density at radius 1 is 1.31 bits per heavy atom. The van der Waals surface area contributed by atoms with Crippen molar-refractivity contribution >= 4 is 23.2 Å². The van der Waals surface area contributed by atoms with Gasteiger partial charge in [-0.2, -0.15) is 0 Å². The first-order chi connectivity index (χ1) is 7.52. The van der Waals surface area contributed by atoms with Gasteiger partial charge in [0.15, 0.2) is 0 Å². The molecule has 0 amide bonds. The van der Waals surface area contributed by atoms with Gasteiger partial charge in [-0.3, -0.25) is 0 Å². The van der Waals surface area contributed by atoms with E-state index in [1.807, 2.05) is 0 Å². The van der Waals surface area contributed by atoms with Crippen molar-refractivity contribution < 1.29 is 4.39 Å². The highest BCUT2D eigenvalue weighted by Gasteiger charge is 2.13. The van der Waals surface area contributed by atoms with Crippen molar-refractivity contribution in [1.82, 2.24) is 0 Å². The van der Waals surface area contributed by atoms with Gasteiger partial charge in [0.25, 0.3) is 0 Å². The zero-order valence-corrected chi connectivity index (χ0v) is 11.2. The first-order valence-corrected chi connectivity index (χ1v) is 6.44. The Balaban J connectivity index is 2.73. The molecule has 3 heteroatoms. The third kappa shape index (κ3) is 4.31. The fraction of sp³-hybridized carbons (Fsp3) is 0.538. The minimum absolute atomic E-state index is 0.239. The van der Waals surface area contributed by atoms with Gasteiger partial charge in [-0.1, -0.05) is 25.4 Å². The van der Waals surface area contributed by atoms with Gasteiger partial charge in [0.05, 0.1) is 0 Å². The molecule has 0 nitrogen and oxygen atoms in total. The van der Waals surface area contributed by atoms with Crippen LogP contribution in [0.15, 0.2) is 18.2 Å². The number of hydrogen-bond acceptors (Lipinski definition) is 0. The van der Waals surface area contributed by atoms with E-state index in [1.54, 1.807) is 6.07 Å². The molecule has 0 radical (unpaired) electrons. The summed E-state index contributed by atoms with van der Waals surface area (Å²) < 4.78 is 13.1. The Morgan fingerprint density at radius 3 is 2.56 bits per heavy atom. The van der Waals surface area contributed by atoms with Crippen LogP contribution in [0.25, 0.3) is 0 Å². The normalized spacial score (nSPS) is 13.1. The molecule has 0 saturated carbocycles. The Bertz CT molecular complexity index is 337. The summed E-state index contributed by atoms with van der Waals surface area (Å²) in [6, 6.07) is 4.49. The Kier molecular flexibility index (Phi) is 5.57. The highest BCUT2D eigenvalue weighted by atomic mass is 35.5. The molecule has 0 N–H and O–H groups in total. The van der Waals surface area contributed by atoms with E-state index < -0.39 is 0 Å². The van der Waals surface area contributed by atoms with E-state index in [4.69, 9.17) is 23.2 Å². The van der Waals surface area contributed by atoms with E-state index in [0.717, 1.165) is 18.4 Å². The van der Waals surface area contributed by atoms with Crippen molar-refractivity contribution in [3.05, 3.63) is 34.6 Å². The van der Waals surface area contributed by atoms with Crippen molar-refractivity contribution in [2.45, 2.75) is 26.7 Å². The molecular formula is C13H17Cl2F. The van der Waals surface area contributed by atoms with E-state index in [9.17, 15) is 4.39 Å². The van der Waals surface area contributed by atoms with Crippen LogP contribution in [0.2, 0.25) is 5.02 Å². The standard InChI is InChI=1S/C13H17Cl2F/c1-9(2)5-10(8-14)6-11-7-12(16)3-4-13(11)15/h3-4,7,9-10H,5-6,8H2,1-2H3. The molecule has 0 spiro atoms. The Morgan fingerprint density at radius 2 is 2.00 bits per heavy atom. The molecule has 0 aliphatic carbocycles. The van der Waals surface area contributed by atoms with Gasteiger partial charge < -0.3 is 0 Å². The van der Waals surface area contributed by atoms with Gasteiger partial charge >= 0.3 is 0 Å². The van der Waals surface area contributed by atoms with Crippen molar-refractivity contribution in [3.63, 3.8) is 0 Å². The lowest BCUT2D eigenvalue weighted by atomic mass is 9.92. The van der Waals surface area contributed by atoms with Gasteiger partial charge in [0.1, 0.15) is 5.82 Å². The number of rotatable bonds is 5. The minimum Gasteiger partial charge on any atom is -0.207 e. The fourth-order valence-electron chi connectivity index (χ4n) is 1.88. The number of benzene rings is 1. The largest absolute Gasteiger partial charge is 0.207 e.